The van der Waals surface area contributed by atoms with E-state index in [9.17, 15) is 9.59 Å². The van der Waals surface area contributed by atoms with Gasteiger partial charge in [0, 0.05) is 10.6 Å². The second-order valence-corrected chi connectivity index (χ2v) is 6.75. The summed E-state index contributed by atoms with van der Waals surface area (Å²) in [5.74, 6) is -0.742. The quantitative estimate of drug-likeness (QED) is 0.685. The fourth-order valence-electron chi connectivity index (χ4n) is 2.69. The van der Waals surface area contributed by atoms with E-state index in [4.69, 9.17) is 4.74 Å². The Morgan fingerprint density at radius 2 is 1.87 bits per heavy atom. The summed E-state index contributed by atoms with van der Waals surface area (Å²) in [7, 11) is 0. The molecule has 5 heteroatoms. The first kappa shape index (κ1) is 15.7. The maximum Gasteiger partial charge on any atom is 0.348 e. The number of amides is 1. The molecule has 0 aliphatic heterocycles. The number of benzene rings is 1. The van der Waals surface area contributed by atoms with Crippen LogP contribution >= 0.6 is 11.3 Å². The average Bonchev–Trinajstić information content (AvgIpc) is 2.84. The van der Waals surface area contributed by atoms with Crippen molar-refractivity contribution >= 4 is 28.9 Å². The third-order valence-electron chi connectivity index (χ3n) is 3.84. The number of fused-ring (bicyclic) bond motifs is 1. The van der Waals surface area contributed by atoms with E-state index in [2.05, 4.69) is 5.32 Å². The zero-order chi connectivity index (χ0) is 16.1. The Bertz CT molecular complexity index is 670. The molecular formula is C18H19NO3S. The molecule has 1 N–H and O–H groups in total. The van der Waals surface area contributed by atoms with Crippen molar-refractivity contribution in [3.8, 4) is 0 Å². The molecule has 0 bridgehead atoms. The van der Waals surface area contributed by atoms with Crippen LogP contribution in [0, 0.1) is 0 Å². The lowest BCUT2D eigenvalue weighted by molar-refractivity contribution is -0.119. The highest BCUT2D eigenvalue weighted by Gasteiger charge is 2.18. The van der Waals surface area contributed by atoms with Crippen LogP contribution in [0.1, 0.15) is 39.4 Å². The van der Waals surface area contributed by atoms with Gasteiger partial charge in [-0.2, -0.15) is 0 Å². The number of hydrogen-bond donors (Lipinski definition) is 1. The normalized spacial score (nSPS) is 13.7. The van der Waals surface area contributed by atoms with E-state index in [1.807, 2.05) is 24.3 Å². The standard InChI is InChI=1S/C18H19NO3S/c20-17(19-14-8-4-2-5-9-14)12-22-18(21)16-11-13-7-3-1-6-10-15(13)23-16/h2,4-5,8-9,11H,1,3,6-7,10,12H2,(H,19,20). The van der Waals surface area contributed by atoms with Crippen molar-refractivity contribution in [1.29, 1.82) is 0 Å². The van der Waals surface area contributed by atoms with Crippen LogP contribution in [0.4, 0.5) is 5.69 Å². The minimum absolute atomic E-state index is 0.268. The Labute approximate surface area is 139 Å². The molecule has 1 aliphatic carbocycles. The molecule has 0 saturated carbocycles. The topological polar surface area (TPSA) is 55.4 Å². The molecule has 0 radical (unpaired) electrons. The van der Waals surface area contributed by atoms with E-state index in [1.165, 1.54) is 41.0 Å². The number of carbonyl (C=O) groups excluding carboxylic acids is 2. The van der Waals surface area contributed by atoms with Crippen molar-refractivity contribution in [2.24, 2.45) is 0 Å². The first-order valence-corrected chi connectivity index (χ1v) is 8.67. The van der Waals surface area contributed by atoms with Gasteiger partial charge >= 0.3 is 5.97 Å². The number of rotatable bonds is 4. The smallest absolute Gasteiger partial charge is 0.348 e. The van der Waals surface area contributed by atoms with Crippen LogP contribution in [-0.4, -0.2) is 18.5 Å². The average molecular weight is 329 g/mol. The summed E-state index contributed by atoms with van der Waals surface area (Å²) >= 11 is 1.51. The number of hydrogen-bond acceptors (Lipinski definition) is 4. The van der Waals surface area contributed by atoms with Gasteiger partial charge in [0.2, 0.25) is 0 Å². The molecule has 120 valence electrons. The lowest BCUT2D eigenvalue weighted by Gasteiger charge is -2.05. The van der Waals surface area contributed by atoms with Crippen molar-refractivity contribution in [2.45, 2.75) is 32.1 Å². The molecule has 2 aromatic rings. The molecule has 1 amide bonds. The summed E-state index contributed by atoms with van der Waals surface area (Å²) in [6.45, 7) is -0.268. The Hall–Kier alpha value is -2.14. The highest BCUT2D eigenvalue weighted by Crippen LogP contribution is 2.29. The molecule has 1 aromatic carbocycles. The van der Waals surface area contributed by atoms with Gasteiger partial charge in [-0.3, -0.25) is 4.79 Å². The Kier molecular flexibility index (Phi) is 5.08. The highest BCUT2D eigenvalue weighted by molar-refractivity contribution is 7.14. The van der Waals surface area contributed by atoms with Gasteiger partial charge in [-0.15, -0.1) is 11.3 Å². The van der Waals surface area contributed by atoms with Gasteiger partial charge in [0.05, 0.1) is 0 Å². The number of ether oxygens (including phenoxy) is 1. The fourth-order valence-corrected chi connectivity index (χ4v) is 3.84. The zero-order valence-corrected chi connectivity index (χ0v) is 13.7. The molecule has 0 unspecified atom stereocenters. The Morgan fingerprint density at radius 1 is 1.09 bits per heavy atom. The van der Waals surface area contributed by atoms with Crippen molar-refractivity contribution in [2.75, 3.05) is 11.9 Å². The summed E-state index contributed by atoms with van der Waals surface area (Å²) in [6.07, 6.45) is 5.69. The molecule has 0 saturated heterocycles. The number of aryl methyl sites for hydroxylation is 2. The third kappa shape index (κ3) is 4.20. The number of esters is 1. The van der Waals surface area contributed by atoms with Crippen molar-refractivity contribution < 1.29 is 14.3 Å². The second-order valence-electron chi connectivity index (χ2n) is 5.61. The van der Waals surface area contributed by atoms with Crippen LogP contribution in [-0.2, 0) is 22.4 Å². The second kappa shape index (κ2) is 7.42. The lowest BCUT2D eigenvalue weighted by Crippen LogP contribution is -2.20. The Balaban J connectivity index is 1.54. The first-order valence-electron chi connectivity index (χ1n) is 7.86. The van der Waals surface area contributed by atoms with Gasteiger partial charge < -0.3 is 10.1 Å². The summed E-state index contributed by atoms with van der Waals surface area (Å²) in [4.78, 5) is 25.8. The Morgan fingerprint density at radius 3 is 2.70 bits per heavy atom. The minimum atomic E-state index is -0.411. The van der Waals surface area contributed by atoms with E-state index < -0.39 is 5.97 Å². The van der Waals surface area contributed by atoms with Crippen LogP contribution in [0.3, 0.4) is 0 Å². The van der Waals surface area contributed by atoms with Crippen LogP contribution in [0.25, 0.3) is 0 Å². The molecule has 1 heterocycles. The largest absolute Gasteiger partial charge is 0.451 e. The van der Waals surface area contributed by atoms with E-state index in [0.29, 0.717) is 10.6 Å². The maximum absolute atomic E-state index is 12.1. The molecule has 4 nitrogen and oxygen atoms in total. The minimum Gasteiger partial charge on any atom is -0.451 e. The van der Waals surface area contributed by atoms with E-state index >= 15 is 0 Å². The summed E-state index contributed by atoms with van der Waals surface area (Å²) in [5.41, 5.74) is 1.96. The van der Waals surface area contributed by atoms with Gasteiger partial charge in [0.1, 0.15) is 4.88 Å². The molecular weight excluding hydrogens is 310 g/mol. The van der Waals surface area contributed by atoms with Crippen molar-refractivity contribution in [3.63, 3.8) is 0 Å². The van der Waals surface area contributed by atoms with Crippen LogP contribution in [0.2, 0.25) is 0 Å². The third-order valence-corrected chi connectivity index (χ3v) is 5.06. The highest BCUT2D eigenvalue weighted by atomic mass is 32.1. The molecule has 1 aliphatic rings. The lowest BCUT2D eigenvalue weighted by atomic mass is 10.1. The number of carbonyl (C=O) groups is 2. The van der Waals surface area contributed by atoms with Gasteiger partial charge in [0.25, 0.3) is 5.91 Å². The van der Waals surface area contributed by atoms with Gasteiger partial charge in [-0.1, -0.05) is 24.6 Å². The van der Waals surface area contributed by atoms with Crippen molar-refractivity contribution in [3.05, 3.63) is 51.7 Å². The predicted molar refractivity (Wildman–Crippen MR) is 90.9 cm³/mol. The molecule has 23 heavy (non-hydrogen) atoms. The maximum atomic E-state index is 12.1. The van der Waals surface area contributed by atoms with Crippen molar-refractivity contribution in [1.82, 2.24) is 0 Å². The predicted octanol–water partition coefficient (Wildman–Crippen LogP) is 3.81. The number of nitrogens with one attached hydrogen (secondary N) is 1. The van der Waals surface area contributed by atoms with E-state index in [-0.39, 0.29) is 12.5 Å². The van der Waals surface area contributed by atoms with Crippen LogP contribution in [0.15, 0.2) is 36.4 Å². The number of thiophene rings is 1. The van der Waals surface area contributed by atoms with Gasteiger partial charge in [-0.05, 0) is 49.4 Å². The fraction of sp³-hybridized carbons (Fsp3) is 0.333. The summed E-state index contributed by atoms with van der Waals surface area (Å²) in [6, 6.07) is 11.0. The SMILES string of the molecule is O=C(COC(=O)c1cc2c(s1)CCCCC2)Nc1ccccc1. The molecule has 0 spiro atoms. The molecule has 0 atom stereocenters. The van der Waals surface area contributed by atoms with Crippen LogP contribution in [0.5, 0.6) is 0 Å². The van der Waals surface area contributed by atoms with E-state index in [1.54, 1.807) is 12.1 Å². The number of anilines is 1. The molecule has 1 aromatic heterocycles. The van der Waals surface area contributed by atoms with E-state index in [0.717, 1.165) is 12.8 Å². The van der Waals surface area contributed by atoms with Gasteiger partial charge in [0.15, 0.2) is 6.61 Å². The first-order chi connectivity index (χ1) is 11.2. The molecule has 3 rings (SSSR count). The zero-order valence-electron chi connectivity index (χ0n) is 12.8. The van der Waals surface area contributed by atoms with Gasteiger partial charge in [-0.25, -0.2) is 4.79 Å². The molecule has 0 fully saturated rings. The monoisotopic (exact) mass is 329 g/mol. The number of para-hydroxylation sites is 1. The summed E-state index contributed by atoms with van der Waals surface area (Å²) < 4.78 is 5.13. The van der Waals surface area contributed by atoms with Crippen LogP contribution < -0.4 is 5.32 Å². The summed E-state index contributed by atoms with van der Waals surface area (Å²) in [5, 5.41) is 2.69.